The first kappa shape index (κ1) is 11.9. The van der Waals surface area contributed by atoms with Gasteiger partial charge in [0, 0.05) is 6.54 Å². The predicted molar refractivity (Wildman–Crippen MR) is 53.5 cm³/mol. The monoisotopic (exact) mass is 245 g/mol. The number of esters is 1. The summed E-state index contributed by atoms with van der Waals surface area (Å²) in [5.41, 5.74) is 1.93. The molecule has 0 aromatic heterocycles. The zero-order valence-electron chi connectivity index (χ0n) is 8.80. The number of ether oxygens (including phenoxy) is 1. The molecule has 1 N–H and O–H groups in total. The molecule has 1 aromatic rings. The minimum absolute atomic E-state index is 0.0621. The molecule has 1 aromatic carbocycles. The lowest BCUT2D eigenvalue weighted by Crippen LogP contribution is -2.28. The van der Waals surface area contributed by atoms with E-state index in [2.05, 4.69) is 10.1 Å². The van der Waals surface area contributed by atoms with Crippen LogP contribution in [0.3, 0.4) is 0 Å². The van der Waals surface area contributed by atoms with E-state index in [1.807, 2.05) is 0 Å². The topological polar surface area (TPSA) is 38.3 Å². The van der Waals surface area contributed by atoms with Crippen LogP contribution in [0.1, 0.15) is 11.1 Å². The maximum atomic E-state index is 12.0. The Balaban J connectivity index is 2.15. The summed E-state index contributed by atoms with van der Waals surface area (Å²) in [6.45, 7) is 1.45. The first-order chi connectivity index (χ1) is 7.97. The molecule has 0 atom stereocenters. The van der Waals surface area contributed by atoms with Crippen molar-refractivity contribution in [3.63, 3.8) is 0 Å². The molecule has 0 saturated carbocycles. The van der Waals surface area contributed by atoms with Crippen LogP contribution in [0.4, 0.5) is 13.2 Å². The van der Waals surface area contributed by atoms with Crippen molar-refractivity contribution in [2.24, 2.45) is 0 Å². The lowest BCUT2D eigenvalue weighted by Gasteiger charge is -2.17. The second kappa shape index (κ2) is 4.37. The lowest BCUT2D eigenvalue weighted by atomic mass is 10.0. The van der Waals surface area contributed by atoms with Crippen LogP contribution in [0.2, 0.25) is 0 Å². The zero-order chi connectivity index (χ0) is 12.5. The van der Waals surface area contributed by atoms with Gasteiger partial charge >= 0.3 is 12.1 Å². The van der Waals surface area contributed by atoms with Gasteiger partial charge < -0.3 is 10.1 Å². The van der Waals surface area contributed by atoms with Crippen LogP contribution in [0.15, 0.2) is 18.2 Å². The summed E-state index contributed by atoms with van der Waals surface area (Å²) in [5.74, 6) is -2.25. The molecule has 92 valence electrons. The summed E-state index contributed by atoms with van der Waals surface area (Å²) in [6.07, 6.45) is -4.25. The molecule has 1 aliphatic heterocycles. The molecule has 0 bridgehead atoms. The summed E-state index contributed by atoms with van der Waals surface area (Å²) in [7, 11) is 0. The van der Waals surface area contributed by atoms with Crippen LogP contribution in [0.25, 0.3) is 0 Å². The maximum Gasteiger partial charge on any atom is 0.491 e. The van der Waals surface area contributed by atoms with E-state index in [1.165, 1.54) is 12.1 Å². The fraction of sp³-hybridized carbons (Fsp3) is 0.364. The average Bonchev–Trinajstić information content (AvgIpc) is 2.27. The predicted octanol–water partition coefficient (Wildman–Crippen LogP) is 1.80. The molecule has 0 spiro atoms. The molecule has 0 saturated heterocycles. The maximum absolute atomic E-state index is 12.0. The van der Waals surface area contributed by atoms with Crippen LogP contribution < -0.4 is 10.1 Å². The zero-order valence-corrected chi connectivity index (χ0v) is 8.80. The summed E-state index contributed by atoms with van der Waals surface area (Å²) in [5, 5.41) is 3.14. The van der Waals surface area contributed by atoms with Gasteiger partial charge in [-0.15, -0.1) is 0 Å². The Morgan fingerprint density at radius 1 is 1.29 bits per heavy atom. The Morgan fingerprint density at radius 3 is 2.76 bits per heavy atom. The quantitative estimate of drug-likeness (QED) is 0.605. The molecule has 6 heteroatoms. The third-order valence-electron chi connectivity index (χ3n) is 2.51. The molecule has 1 aliphatic rings. The van der Waals surface area contributed by atoms with Gasteiger partial charge in [0.15, 0.2) is 0 Å². The van der Waals surface area contributed by atoms with E-state index in [-0.39, 0.29) is 5.75 Å². The summed E-state index contributed by atoms with van der Waals surface area (Å²) in [6, 6.07) is 4.52. The molecule has 2 rings (SSSR count). The van der Waals surface area contributed by atoms with Gasteiger partial charge in [-0.25, -0.2) is 4.79 Å². The number of halogens is 3. The molecule has 3 nitrogen and oxygen atoms in total. The number of carbonyl (C=O) groups is 1. The molecule has 1 heterocycles. The minimum Gasteiger partial charge on any atom is -0.420 e. The van der Waals surface area contributed by atoms with Crippen LogP contribution in [0.5, 0.6) is 5.75 Å². The van der Waals surface area contributed by atoms with Gasteiger partial charge in [0.25, 0.3) is 0 Å². The normalized spacial score (nSPS) is 15.2. The van der Waals surface area contributed by atoms with Gasteiger partial charge in [-0.05, 0) is 36.2 Å². The fourth-order valence-electron chi connectivity index (χ4n) is 1.68. The third kappa shape index (κ3) is 2.76. The average molecular weight is 245 g/mol. The Bertz CT molecular complexity index is 443. The van der Waals surface area contributed by atoms with Crippen LogP contribution in [-0.2, 0) is 17.8 Å². The third-order valence-corrected chi connectivity index (χ3v) is 2.51. The van der Waals surface area contributed by atoms with Crippen molar-refractivity contribution in [2.75, 3.05) is 6.54 Å². The second-order valence-corrected chi connectivity index (χ2v) is 3.74. The second-order valence-electron chi connectivity index (χ2n) is 3.74. The SMILES string of the molecule is O=C(Oc1ccc2c(c1)CCNC2)C(F)(F)F. The van der Waals surface area contributed by atoms with Crippen LogP contribution >= 0.6 is 0 Å². The van der Waals surface area contributed by atoms with Gasteiger partial charge in [0.2, 0.25) is 0 Å². The number of hydrogen-bond donors (Lipinski definition) is 1. The smallest absolute Gasteiger partial charge is 0.420 e. The fourth-order valence-corrected chi connectivity index (χ4v) is 1.68. The van der Waals surface area contributed by atoms with Crippen molar-refractivity contribution in [3.05, 3.63) is 29.3 Å². The number of benzene rings is 1. The van der Waals surface area contributed by atoms with Gasteiger partial charge in [-0.2, -0.15) is 13.2 Å². The minimum atomic E-state index is -4.96. The largest absolute Gasteiger partial charge is 0.491 e. The highest BCUT2D eigenvalue weighted by Crippen LogP contribution is 2.23. The number of rotatable bonds is 1. The van der Waals surface area contributed by atoms with Crippen molar-refractivity contribution < 1.29 is 22.7 Å². The highest BCUT2D eigenvalue weighted by molar-refractivity contribution is 5.78. The van der Waals surface area contributed by atoms with E-state index in [9.17, 15) is 18.0 Å². The van der Waals surface area contributed by atoms with Crippen LogP contribution in [0, 0.1) is 0 Å². The Kier molecular flexibility index (Phi) is 3.06. The van der Waals surface area contributed by atoms with E-state index < -0.39 is 12.1 Å². The van der Waals surface area contributed by atoms with Crippen molar-refractivity contribution in [1.29, 1.82) is 0 Å². The molecular weight excluding hydrogens is 235 g/mol. The lowest BCUT2D eigenvalue weighted by molar-refractivity contribution is -0.189. The molecule has 0 amide bonds. The molecule has 0 radical (unpaired) electrons. The van der Waals surface area contributed by atoms with Gasteiger partial charge in [-0.3, -0.25) is 0 Å². The molecule has 0 fully saturated rings. The highest BCUT2D eigenvalue weighted by Gasteiger charge is 2.41. The highest BCUT2D eigenvalue weighted by atomic mass is 19.4. The van der Waals surface area contributed by atoms with Crippen molar-refractivity contribution in [1.82, 2.24) is 5.32 Å². The molecular formula is C11H10F3NO2. The Hall–Kier alpha value is -1.56. The van der Waals surface area contributed by atoms with Gasteiger partial charge in [-0.1, -0.05) is 6.07 Å². The number of fused-ring (bicyclic) bond motifs is 1. The summed E-state index contributed by atoms with van der Waals surface area (Å²) in [4.78, 5) is 10.6. The number of carbonyl (C=O) groups excluding carboxylic acids is 1. The number of nitrogens with one attached hydrogen (secondary N) is 1. The molecule has 0 unspecified atom stereocenters. The van der Waals surface area contributed by atoms with E-state index in [0.29, 0.717) is 13.0 Å². The van der Waals surface area contributed by atoms with E-state index in [0.717, 1.165) is 17.7 Å². The van der Waals surface area contributed by atoms with Gasteiger partial charge in [0.05, 0.1) is 0 Å². The van der Waals surface area contributed by atoms with Crippen molar-refractivity contribution in [2.45, 2.75) is 19.1 Å². The van der Waals surface area contributed by atoms with Gasteiger partial charge in [0.1, 0.15) is 5.75 Å². The summed E-state index contributed by atoms with van der Waals surface area (Å²) >= 11 is 0. The summed E-state index contributed by atoms with van der Waals surface area (Å²) < 4.78 is 40.2. The first-order valence-corrected chi connectivity index (χ1v) is 5.08. The Morgan fingerprint density at radius 2 is 2.06 bits per heavy atom. The number of alkyl halides is 3. The molecule has 17 heavy (non-hydrogen) atoms. The van der Waals surface area contributed by atoms with E-state index in [1.54, 1.807) is 6.07 Å². The van der Waals surface area contributed by atoms with Crippen LogP contribution in [-0.4, -0.2) is 18.7 Å². The first-order valence-electron chi connectivity index (χ1n) is 5.08. The standard InChI is InChI=1S/C11H10F3NO2/c12-11(13,14)10(16)17-9-2-1-8-6-15-4-3-7(8)5-9/h1-2,5,15H,3-4,6H2. The van der Waals surface area contributed by atoms with E-state index in [4.69, 9.17) is 0 Å². The van der Waals surface area contributed by atoms with Crippen molar-refractivity contribution >= 4 is 5.97 Å². The number of hydrogen-bond acceptors (Lipinski definition) is 3. The van der Waals surface area contributed by atoms with E-state index >= 15 is 0 Å². The van der Waals surface area contributed by atoms with Crippen molar-refractivity contribution in [3.8, 4) is 5.75 Å². The molecule has 0 aliphatic carbocycles. The Labute approximate surface area is 95.6 Å².